The molecule has 0 aliphatic heterocycles. The average molecular weight is 238 g/mol. The molecule has 1 atom stereocenters. The number of nitrogens with zero attached hydrogens (tertiary/aromatic N) is 1. The Bertz CT molecular complexity index is 317. The summed E-state index contributed by atoms with van der Waals surface area (Å²) in [5.41, 5.74) is 1.35. The number of aromatic nitrogens is 1. The molecule has 3 heteroatoms. The monoisotopic (exact) mass is 238 g/mol. The molecule has 0 bridgehead atoms. The molecule has 0 spiro atoms. The van der Waals surface area contributed by atoms with Gasteiger partial charge in [-0.3, -0.25) is 0 Å². The first-order chi connectivity index (χ1) is 7.79. The number of rotatable bonds is 7. The summed E-state index contributed by atoms with van der Waals surface area (Å²) in [6.45, 7) is 5.57. The lowest BCUT2D eigenvalue weighted by Gasteiger charge is -2.11. The zero-order valence-corrected chi connectivity index (χ0v) is 11.1. The van der Waals surface area contributed by atoms with Crippen molar-refractivity contribution >= 4 is 11.3 Å². The van der Waals surface area contributed by atoms with Crippen LogP contribution in [0.15, 0.2) is 5.38 Å². The van der Waals surface area contributed by atoms with Crippen molar-refractivity contribution in [3.05, 3.63) is 16.1 Å². The molecule has 1 unspecified atom stereocenters. The van der Waals surface area contributed by atoms with E-state index in [-0.39, 0.29) is 0 Å². The lowest BCUT2D eigenvalue weighted by atomic mass is 10.2. The Morgan fingerprint density at radius 2 is 2.38 bits per heavy atom. The fourth-order valence-corrected chi connectivity index (χ4v) is 2.85. The maximum Gasteiger partial charge on any atom is 0.0941 e. The standard InChI is InChI=1S/C13H22N2S/c1-3-4-10(2)14-8-7-13-15-12(9-16-13)11-5-6-11/h9-11,14H,3-8H2,1-2H3. The number of hydrogen-bond donors (Lipinski definition) is 1. The maximum absolute atomic E-state index is 4.69. The Labute approximate surface area is 102 Å². The van der Waals surface area contributed by atoms with Crippen LogP contribution in [0.25, 0.3) is 0 Å². The molecule has 16 heavy (non-hydrogen) atoms. The lowest BCUT2D eigenvalue weighted by Crippen LogP contribution is -2.27. The van der Waals surface area contributed by atoms with Crippen LogP contribution < -0.4 is 5.32 Å². The molecule has 0 aromatic carbocycles. The van der Waals surface area contributed by atoms with E-state index >= 15 is 0 Å². The zero-order valence-electron chi connectivity index (χ0n) is 10.3. The quantitative estimate of drug-likeness (QED) is 0.788. The Kier molecular flexibility index (Phi) is 4.36. The van der Waals surface area contributed by atoms with Gasteiger partial charge in [-0.05, 0) is 26.2 Å². The first-order valence-electron chi connectivity index (χ1n) is 6.47. The molecule has 1 saturated carbocycles. The molecule has 1 N–H and O–H groups in total. The molecule has 0 radical (unpaired) electrons. The number of hydrogen-bond acceptors (Lipinski definition) is 3. The van der Waals surface area contributed by atoms with E-state index in [2.05, 4.69) is 24.5 Å². The summed E-state index contributed by atoms with van der Waals surface area (Å²) in [6, 6.07) is 0.646. The highest BCUT2D eigenvalue weighted by Gasteiger charge is 2.25. The zero-order chi connectivity index (χ0) is 11.4. The average Bonchev–Trinajstić information content (AvgIpc) is 3.00. The van der Waals surface area contributed by atoms with Gasteiger partial charge >= 0.3 is 0 Å². The number of thiazole rings is 1. The van der Waals surface area contributed by atoms with Crippen LogP contribution >= 0.6 is 11.3 Å². The molecular formula is C13H22N2S. The van der Waals surface area contributed by atoms with Crippen molar-refractivity contribution in [2.24, 2.45) is 0 Å². The minimum Gasteiger partial charge on any atom is -0.314 e. The first kappa shape index (κ1) is 12.1. The van der Waals surface area contributed by atoms with Gasteiger partial charge in [0, 0.05) is 30.3 Å². The van der Waals surface area contributed by atoms with E-state index in [1.807, 2.05) is 11.3 Å². The van der Waals surface area contributed by atoms with Gasteiger partial charge in [0.15, 0.2) is 0 Å². The molecule has 0 amide bonds. The highest BCUT2D eigenvalue weighted by molar-refractivity contribution is 7.09. The summed E-state index contributed by atoms with van der Waals surface area (Å²) in [5.74, 6) is 0.803. The van der Waals surface area contributed by atoms with Gasteiger partial charge in [-0.15, -0.1) is 11.3 Å². The van der Waals surface area contributed by atoms with Crippen LogP contribution in [0.4, 0.5) is 0 Å². The molecule has 90 valence electrons. The van der Waals surface area contributed by atoms with Crippen molar-refractivity contribution in [1.82, 2.24) is 10.3 Å². The molecule has 2 nitrogen and oxygen atoms in total. The molecule has 1 aliphatic rings. The van der Waals surface area contributed by atoms with Gasteiger partial charge in [-0.2, -0.15) is 0 Å². The Morgan fingerprint density at radius 3 is 3.06 bits per heavy atom. The van der Waals surface area contributed by atoms with E-state index < -0.39 is 0 Å². The fourth-order valence-electron chi connectivity index (χ4n) is 1.97. The third-order valence-electron chi connectivity index (χ3n) is 3.12. The van der Waals surface area contributed by atoms with E-state index in [9.17, 15) is 0 Å². The van der Waals surface area contributed by atoms with Crippen LogP contribution in [0.2, 0.25) is 0 Å². The second kappa shape index (κ2) is 5.78. The van der Waals surface area contributed by atoms with Crippen LogP contribution in [-0.4, -0.2) is 17.6 Å². The summed E-state index contributed by atoms with van der Waals surface area (Å²) in [6.07, 6.45) is 6.33. The van der Waals surface area contributed by atoms with Gasteiger partial charge in [0.1, 0.15) is 0 Å². The van der Waals surface area contributed by atoms with Gasteiger partial charge in [0.2, 0.25) is 0 Å². The van der Waals surface area contributed by atoms with E-state index in [1.54, 1.807) is 0 Å². The van der Waals surface area contributed by atoms with Gasteiger partial charge < -0.3 is 5.32 Å². The Balaban J connectivity index is 1.68. The normalized spacial score (nSPS) is 17.6. The van der Waals surface area contributed by atoms with Crippen LogP contribution in [0.1, 0.15) is 56.2 Å². The highest BCUT2D eigenvalue weighted by Crippen LogP contribution is 2.40. The minimum absolute atomic E-state index is 0.646. The second-order valence-electron chi connectivity index (χ2n) is 4.83. The van der Waals surface area contributed by atoms with Gasteiger partial charge in [0.25, 0.3) is 0 Å². The molecule has 0 saturated heterocycles. The largest absolute Gasteiger partial charge is 0.314 e. The molecule has 1 aromatic heterocycles. The minimum atomic E-state index is 0.646. The molecule has 1 heterocycles. The van der Waals surface area contributed by atoms with E-state index in [1.165, 1.54) is 36.4 Å². The summed E-state index contributed by atoms with van der Waals surface area (Å²) in [7, 11) is 0. The third kappa shape index (κ3) is 3.56. The van der Waals surface area contributed by atoms with Crippen LogP contribution in [-0.2, 0) is 6.42 Å². The summed E-state index contributed by atoms with van der Waals surface area (Å²) >= 11 is 1.83. The number of nitrogens with one attached hydrogen (secondary N) is 1. The van der Waals surface area contributed by atoms with Crippen molar-refractivity contribution in [2.45, 2.75) is 57.9 Å². The molecule has 1 fully saturated rings. The van der Waals surface area contributed by atoms with Crippen molar-refractivity contribution in [2.75, 3.05) is 6.54 Å². The SMILES string of the molecule is CCCC(C)NCCc1nc(C2CC2)cs1. The fraction of sp³-hybridized carbons (Fsp3) is 0.769. The molecule has 1 aliphatic carbocycles. The predicted octanol–water partition coefficient (Wildman–Crippen LogP) is 3.34. The van der Waals surface area contributed by atoms with E-state index in [0.29, 0.717) is 6.04 Å². The van der Waals surface area contributed by atoms with Gasteiger partial charge in [-0.25, -0.2) is 4.98 Å². The topological polar surface area (TPSA) is 24.9 Å². The Hall–Kier alpha value is -0.410. The van der Waals surface area contributed by atoms with E-state index in [0.717, 1.165) is 18.9 Å². The van der Waals surface area contributed by atoms with Gasteiger partial charge in [0.05, 0.1) is 10.7 Å². The Morgan fingerprint density at radius 1 is 1.56 bits per heavy atom. The van der Waals surface area contributed by atoms with Crippen LogP contribution in [0, 0.1) is 0 Å². The van der Waals surface area contributed by atoms with Gasteiger partial charge in [-0.1, -0.05) is 13.3 Å². The van der Waals surface area contributed by atoms with Crippen molar-refractivity contribution in [3.8, 4) is 0 Å². The predicted molar refractivity (Wildman–Crippen MR) is 70.2 cm³/mol. The third-order valence-corrected chi connectivity index (χ3v) is 4.05. The smallest absolute Gasteiger partial charge is 0.0941 e. The van der Waals surface area contributed by atoms with Crippen molar-refractivity contribution < 1.29 is 0 Å². The van der Waals surface area contributed by atoms with Crippen molar-refractivity contribution in [1.29, 1.82) is 0 Å². The summed E-state index contributed by atoms with van der Waals surface area (Å²) in [5, 5.41) is 7.11. The van der Waals surface area contributed by atoms with Crippen LogP contribution in [0.3, 0.4) is 0 Å². The summed E-state index contributed by atoms with van der Waals surface area (Å²) in [4.78, 5) is 4.69. The second-order valence-corrected chi connectivity index (χ2v) is 5.78. The highest BCUT2D eigenvalue weighted by atomic mass is 32.1. The van der Waals surface area contributed by atoms with E-state index in [4.69, 9.17) is 4.98 Å². The van der Waals surface area contributed by atoms with Crippen LogP contribution in [0.5, 0.6) is 0 Å². The van der Waals surface area contributed by atoms with Crippen molar-refractivity contribution in [3.63, 3.8) is 0 Å². The molecule has 1 aromatic rings. The molecular weight excluding hydrogens is 216 g/mol. The lowest BCUT2D eigenvalue weighted by molar-refractivity contribution is 0.511. The first-order valence-corrected chi connectivity index (χ1v) is 7.35. The molecule has 2 rings (SSSR count). The summed E-state index contributed by atoms with van der Waals surface area (Å²) < 4.78 is 0. The maximum atomic E-state index is 4.69.